The van der Waals surface area contributed by atoms with Gasteiger partial charge in [-0.25, -0.2) is 4.39 Å². The molecule has 0 aromatic heterocycles. The van der Waals surface area contributed by atoms with E-state index in [0.29, 0.717) is 24.5 Å². The molecular formula is C18H18FN3O3. The number of hydrogen-bond donors (Lipinski definition) is 2. The minimum absolute atomic E-state index is 0.0491. The van der Waals surface area contributed by atoms with Crippen LogP contribution in [0.25, 0.3) is 0 Å². The summed E-state index contributed by atoms with van der Waals surface area (Å²) in [6, 6.07) is 12.8. The van der Waals surface area contributed by atoms with Crippen molar-refractivity contribution in [2.24, 2.45) is 0 Å². The lowest BCUT2D eigenvalue weighted by Crippen LogP contribution is -2.48. The first-order valence-electron chi connectivity index (χ1n) is 7.91. The Hall–Kier alpha value is -3.09. The number of nitrogens with zero attached hydrogens (tertiary/aromatic N) is 1. The molecule has 130 valence electrons. The van der Waals surface area contributed by atoms with E-state index in [9.17, 15) is 14.0 Å². The van der Waals surface area contributed by atoms with Crippen molar-refractivity contribution in [3.8, 4) is 5.75 Å². The van der Waals surface area contributed by atoms with Gasteiger partial charge in [-0.1, -0.05) is 12.1 Å². The van der Waals surface area contributed by atoms with Crippen molar-refractivity contribution in [2.75, 3.05) is 36.5 Å². The fraction of sp³-hybridized carbons (Fsp3) is 0.222. The first kappa shape index (κ1) is 16.8. The number of nitrogens with one attached hydrogen (secondary N) is 2. The molecule has 1 saturated heterocycles. The Morgan fingerprint density at radius 1 is 1.20 bits per heavy atom. The highest BCUT2D eigenvalue weighted by atomic mass is 19.1. The summed E-state index contributed by atoms with van der Waals surface area (Å²) in [4.78, 5) is 25.6. The van der Waals surface area contributed by atoms with Crippen LogP contribution in [-0.2, 0) is 9.59 Å². The predicted molar refractivity (Wildman–Crippen MR) is 92.2 cm³/mol. The molecular weight excluding hydrogens is 325 g/mol. The molecule has 25 heavy (non-hydrogen) atoms. The van der Waals surface area contributed by atoms with E-state index >= 15 is 0 Å². The molecule has 2 aromatic rings. The average molecular weight is 343 g/mol. The fourth-order valence-electron chi connectivity index (χ4n) is 2.57. The first-order chi connectivity index (χ1) is 12.1. The van der Waals surface area contributed by atoms with Crippen LogP contribution in [0.3, 0.4) is 0 Å². The van der Waals surface area contributed by atoms with Gasteiger partial charge in [0, 0.05) is 13.1 Å². The molecule has 1 fully saturated rings. The Morgan fingerprint density at radius 2 is 1.96 bits per heavy atom. The van der Waals surface area contributed by atoms with Gasteiger partial charge in [0.1, 0.15) is 11.6 Å². The molecule has 0 unspecified atom stereocenters. The molecule has 7 heteroatoms. The van der Waals surface area contributed by atoms with E-state index in [1.54, 1.807) is 6.07 Å². The summed E-state index contributed by atoms with van der Waals surface area (Å²) < 4.78 is 18.2. The molecule has 2 aromatic carbocycles. The van der Waals surface area contributed by atoms with Crippen molar-refractivity contribution >= 4 is 23.2 Å². The summed E-state index contributed by atoms with van der Waals surface area (Å²) in [6.07, 6.45) is 0. The third kappa shape index (κ3) is 4.47. The number of carbonyl (C=O) groups excluding carboxylic acids is 2. The zero-order valence-corrected chi connectivity index (χ0v) is 13.5. The van der Waals surface area contributed by atoms with E-state index in [-0.39, 0.29) is 30.8 Å². The van der Waals surface area contributed by atoms with Crippen LogP contribution in [0.15, 0.2) is 48.5 Å². The first-order valence-corrected chi connectivity index (χ1v) is 7.91. The van der Waals surface area contributed by atoms with Crippen LogP contribution in [0.4, 0.5) is 15.8 Å². The average Bonchev–Trinajstić information content (AvgIpc) is 2.62. The van der Waals surface area contributed by atoms with Gasteiger partial charge in [0.2, 0.25) is 5.91 Å². The van der Waals surface area contributed by atoms with E-state index in [0.717, 1.165) is 5.69 Å². The van der Waals surface area contributed by atoms with Crippen molar-refractivity contribution in [2.45, 2.75) is 0 Å². The molecule has 0 aliphatic carbocycles. The number of piperazine rings is 1. The largest absolute Gasteiger partial charge is 0.484 e. The predicted octanol–water partition coefficient (Wildman–Crippen LogP) is 1.78. The highest BCUT2D eigenvalue weighted by Crippen LogP contribution is 2.26. The minimum Gasteiger partial charge on any atom is -0.484 e. The molecule has 2 amide bonds. The maximum Gasteiger partial charge on any atom is 0.262 e. The SMILES string of the molecule is O=C1CN(c2ccccc2NC(=O)COc2ccc(F)cc2)CCN1. The van der Waals surface area contributed by atoms with E-state index in [1.807, 2.05) is 23.1 Å². The molecule has 0 spiro atoms. The van der Waals surface area contributed by atoms with Gasteiger partial charge in [-0.15, -0.1) is 0 Å². The third-order valence-electron chi connectivity index (χ3n) is 3.74. The topological polar surface area (TPSA) is 70.7 Å². The standard InChI is InChI=1S/C18H18FN3O3/c19-13-5-7-14(8-6-13)25-12-18(24)21-15-3-1-2-4-16(15)22-10-9-20-17(23)11-22/h1-8H,9-12H2,(H,20,23)(H,21,24). The van der Waals surface area contributed by atoms with Gasteiger partial charge >= 0.3 is 0 Å². The zero-order chi connectivity index (χ0) is 17.6. The van der Waals surface area contributed by atoms with Crippen molar-refractivity contribution < 1.29 is 18.7 Å². The number of carbonyl (C=O) groups is 2. The van der Waals surface area contributed by atoms with Gasteiger partial charge in [-0.05, 0) is 36.4 Å². The molecule has 1 aliphatic heterocycles. The molecule has 6 nitrogen and oxygen atoms in total. The number of amides is 2. The second-order valence-electron chi connectivity index (χ2n) is 5.58. The van der Waals surface area contributed by atoms with Crippen molar-refractivity contribution in [1.29, 1.82) is 0 Å². The Kier molecular flexibility index (Phi) is 5.13. The van der Waals surface area contributed by atoms with Crippen LogP contribution in [0, 0.1) is 5.82 Å². The van der Waals surface area contributed by atoms with Crippen LogP contribution >= 0.6 is 0 Å². The molecule has 0 atom stereocenters. The second-order valence-corrected chi connectivity index (χ2v) is 5.58. The van der Waals surface area contributed by atoms with Gasteiger partial charge in [-0.2, -0.15) is 0 Å². The number of rotatable bonds is 5. The van der Waals surface area contributed by atoms with Gasteiger partial charge in [0.15, 0.2) is 6.61 Å². The van der Waals surface area contributed by atoms with Crippen LogP contribution in [0.1, 0.15) is 0 Å². The van der Waals surface area contributed by atoms with E-state index in [4.69, 9.17) is 4.74 Å². The maximum atomic E-state index is 12.9. The summed E-state index contributed by atoms with van der Waals surface area (Å²) in [5.74, 6) is -0.334. The third-order valence-corrected chi connectivity index (χ3v) is 3.74. The second kappa shape index (κ2) is 7.65. The zero-order valence-electron chi connectivity index (χ0n) is 13.5. The summed E-state index contributed by atoms with van der Waals surface area (Å²) in [7, 11) is 0. The van der Waals surface area contributed by atoms with Crippen molar-refractivity contribution in [3.63, 3.8) is 0 Å². The van der Waals surface area contributed by atoms with Gasteiger partial charge in [0.25, 0.3) is 5.91 Å². The maximum absolute atomic E-state index is 12.9. The van der Waals surface area contributed by atoms with Gasteiger partial charge < -0.3 is 20.3 Å². The van der Waals surface area contributed by atoms with E-state index in [1.165, 1.54) is 24.3 Å². The smallest absolute Gasteiger partial charge is 0.262 e. The van der Waals surface area contributed by atoms with E-state index < -0.39 is 0 Å². The lowest BCUT2D eigenvalue weighted by atomic mass is 10.2. The highest BCUT2D eigenvalue weighted by Gasteiger charge is 2.19. The van der Waals surface area contributed by atoms with Crippen LogP contribution in [0.2, 0.25) is 0 Å². The number of hydrogen-bond acceptors (Lipinski definition) is 4. The lowest BCUT2D eigenvalue weighted by molar-refractivity contribution is -0.120. The van der Waals surface area contributed by atoms with Crippen molar-refractivity contribution in [3.05, 3.63) is 54.3 Å². The number of para-hydroxylation sites is 2. The van der Waals surface area contributed by atoms with Gasteiger partial charge in [0.05, 0.1) is 17.9 Å². The molecule has 2 N–H and O–H groups in total. The van der Waals surface area contributed by atoms with Crippen LogP contribution in [0.5, 0.6) is 5.75 Å². The molecule has 0 bridgehead atoms. The Labute approximate surface area is 144 Å². The lowest BCUT2D eigenvalue weighted by Gasteiger charge is -2.30. The molecule has 0 radical (unpaired) electrons. The Bertz CT molecular complexity index is 764. The van der Waals surface area contributed by atoms with E-state index in [2.05, 4.69) is 10.6 Å². The van der Waals surface area contributed by atoms with Crippen LogP contribution < -0.4 is 20.3 Å². The summed E-state index contributed by atoms with van der Waals surface area (Å²) in [5.41, 5.74) is 1.40. The number of halogens is 1. The minimum atomic E-state index is -0.365. The summed E-state index contributed by atoms with van der Waals surface area (Å²) in [6.45, 7) is 1.29. The summed E-state index contributed by atoms with van der Waals surface area (Å²) in [5, 5.41) is 5.56. The van der Waals surface area contributed by atoms with Gasteiger partial charge in [-0.3, -0.25) is 9.59 Å². The summed E-state index contributed by atoms with van der Waals surface area (Å²) >= 11 is 0. The monoisotopic (exact) mass is 343 g/mol. The highest BCUT2D eigenvalue weighted by molar-refractivity contribution is 5.96. The Morgan fingerprint density at radius 3 is 2.72 bits per heavy atom. The molecule has 1 aliphatic rings. The fourth-order valence-corrected chi connectivity index (χ4v) is 2.57. The molecule has 1 heterocycles. The quantitative estimate of drug-likeness (QED) is 0.868. The van der Waals surface area contributed by atoms with Crippen LogP contribution in [-0.4, -0.2) is 38.1 Å². The van der Waals surface area contributed by atoms with Crippen molar-refractivity contribution in [1.82, 2.24) is 5.32 Å². The normalized spacial score (nSPS) is 14.0. The number of anilines is 2. The number of benzene rings is 2. The Balaban J connectivity index is 1.63. The molecule has 3 rings (SSSR count). The number of ether oxygens (including phenoxy) is 1. The molecule has 0 saturated carbocycles.